The molecule has 0 radical (unpaired) electrons. The summed E-state index contributed by atoms with van der Waals surface area (Å²) in [7, 11) is 0. The number of likely N-dealkylation sites (tertiary alicyclic amines) is 1. The molecule has 1 aliphatic rings. The van der Waals surface area contributed by atoms with Gasteiger partial charge in [0.15, 0.2) is 0 Å². The zero-order valence-corrected chi connectivity index (χ0v) is 11.5. The standard InChI is InChI=1S/C14H19N3O3/c1-2-3-10-4-5-17(9-10)14(20)16-12-6-11(13(18)19)7-15-8-12/h6-8,10H,2-5,9H2,1H3,(H,16,20)(H,18,19). The molecule has 0 spiro atoms. The fourth-order valence-electron chi connectivity index (χ4n) is 2.49. The van der Waals surface area contributed by atoms with E-state index in [0.717, 1.165) is 32.4 Å². The van der Waals surface area contributed by atoms with Crippen LogP contribution in [0.4, 0.5) is 10.5 Å². The highest BCUT2D eigenvalue weighted by Gasteiger charge is 2.25. The third-order valence-corrected chi connectivity index (χ3v) is 3.51. The molecule has 1 unspecified atom stereocenters. The van der Waals surface area contributed by atoms with Gasteiger partial charge in [-0.2, -0.15) is 0 Å². The van der Waals surface area contributed by atoms with E-state index in [-0.39, 0.29) is 11.6 Å². The van der Waals surface area contributed by atoms with Crippen LogP contribution in [0.5, 0.6) is 0 Å². The summed E-state index contributed by atoms with van der Waals surface area (Å²) in [6.07, 6.45) is 6.01. The Bertz CT molecular complexity index is 504. The van der Waals surface area contributed by atoms with Crippen LogP contribution in [-0.4, -0.2) is 40.1 Å². The van der Waals surface area contributed by atoms with Crippen molar-refractivity contribution in [3.8, 4) is 0 Å². The molecular formula is C14H19N3O3. The summed E-state index contributed by atoms with van der Waals surface area (Å²) >= 11 is 0. The van der Waals surface area contributed by atoms with Gasteiger partial charge in [0.2, 0.25) is 0 Å². The van der Waals surface area contributed by atoms with Crippen LogP contribution in [0, 0.1) is 5.92 Å². The molecule has 0 bridgehead atoms. The molecule has 6 heteroatoms. The van der Waals surface area contributed by atoms with Gasteiger partial charge < -0.3 is 15.3 Å². The summed E-state index contributed by atoms with van der Waals surface area (Å²) in [5.41, 5.74) is 0.474. The Labute approximate surface area is 117 Å². The number of amides is 2. The Morgan fingerprint density at radius 3 is 3.00 bits per heavy atom. The van der Waals surface area contributed by atoms with Crippen molar-refractivity contribution < 1.29 is 14.7 Å². The Morgan fingerprint density at radius 1 is 1.50 bits per heavy atom. The first-order chi connectivity index (χ1) is 9.60. The number of aromatic nitrogens is 1. The second-order valence-electron chi connectivity index (χ2n) is 5.09. The lowest BCUT2D eigenvalue weighted by molar-refractivity contribution is 0.0696. The van der Waals surface area contributed by atoms with E-state index in [0.29, 0.717) is 11.6 Å². The molecule has 2 heterocycles. The molecule has 108 valence electrons. The minimum atomic E-state index is -1.06. The van der Waals surface area contributed by atoms with Crippen LogP contribution in [0.3, 0.4) is 0 Å². The second kappa shape index (κ2) is 6.36. The van der Waals surface area contributed by atoms with Crippen molar-refractivity contribution in [2.75, 3.05) is 18.4 Å². The number of nitrogens with one attached hydrogen (secondary N) is 1. The largest absolute Gasteiger partial charge is 0.478 e. The number of hydrogen-bond donors (Lipinski definition) is 2. The van der Waals surface area contributed by atoms with Crippen LogP contribution in [0.1, 0.15) is 36.5 Å². The predicted octanol–water partition coefficient (Wildman–Crippen LogP) is 2.43. The number of hydrogen-bond acceptors (Lipinski definition) is 3. The van der Waals surface area contributed by atoms with Gasteiger partial charge >= 0.3 is 12.0 Å². The molecule has 1 aromatic heterocycles. The van der Waals surface area contributed by atoms with Crippen molar-refractivity contribution in [1.29, 1.82) is 0 Å². The Hall–Kier alpha value is -2.11. The third-order valence-electron chi connectivity index (χ3n) is 3.51. The first-order valence-electron chi connectivity index (χ1n) is 6.84. The fraction of sp³-hybridized carbons (Fsp3) is 0.500. The van der Waals surface area contributed by atoms with Gasteiger partial charge in [-0.05, 0) is 24.8 Å². The maximum Gasteiger partial charge on any atom is 0.337 e. The lowest BCUT2D eigenvalue weighted by atomic mass is 10.0. The predicted molar refractivity (Wildman–Crippen MR) is 74.8 cm³/mol. The Kier molecular flexibility index (Phi) is 4.55. The molecule has 1 aliphatic heterocycles. The van der Waals surface area contributed by atoms with Crippen molar-refractivity contribution in [3.05, 3.63) is 24.0 Å². The summed E-state index contributed by atoms with van der Waals surface area (Å²) < 4.78 is 0. The number of carboxylic acids is 1. The molecule has 2 amide bonds. The normalized spacial score (nSPS) is 18.1. The number of urea groups is 1. The summed E-state index contributed by atoms with van der Waals surface area (Å²) in [6, 6.07) is 1.22. The van der Waals surface area contributed by atoms with E-state index in [4.69, 9.17) is 5.11 Å². The minimum Gasteiger partial charge on any atom is -0.478 e. The SMILES string of the molecule is CCCC1CCN(C(=O)Nc2cncc(C(=O)O)c2)C1. The van der Waals surface area contributed by atoms with Crippen LogP contribution in [0.15, 0.2) is 18.5 Å². The summed E-state index contributed by atoms with van der Waals surface area (Å²) in [4.78, 5) is 28.5. The second-order valence-corrected chi connectivity index (χ2v) is 5.09. The van der Waals surface area contributed by atoms with Crippen molar-refractivity contribution in [3.63, 3.8) is 0 Å². The highest BCUT2D eigenvalue weighted by atomic mass is 16.4. The lowest BCUT2D eigenvalue weighted by Crippen LogP contribution is -2.33. The van der Waals surface area contributed by atoms with E-state index in [1.165, 1.54) is 18.5 Å². The Morgan fingerprint density at radius 2 is 2.30 bits per heavy atom. The van der Waals surface area contributed by atoms with Gasteiger partial charge in [-0.15, -0.1) is 0 Å². The Balaban J connectivity index is 1.95. The molecule has 0 saturated carbocycles. The molecule has 2 N–H and O–H groups in total. The fourth-order valence-corrected chi connectivity index (χ4v) is 2.49. The smallest absolute Gasteiger partial charge is 0.337 e. The summed E-state index contributed by atoms with van der Waals surface area (Å²) in [6.45, 7) is 3.67. The molecule has 0 aliphatic carbocycles. The highest BCUT2D eigenvalue weighted by Crippen LogP contribution is 2.21. The van der Waals surface area contributed by atoms with Crippen molar-refractivity contribution in [1.82, 2.24) is 9.88 Å². The number of rotatable bonds is 4. The highest BCUT2D eigenvalue weighted by molar-refractivity contribution is 5.92. The zero-order chi connectivity index (χ0) is 14.5. The van der Waals surface area contributed by atoms with Gasteiger partial charge in [0.05, 0.1) is 17.4 Å². The average molecular weight is 277 g/mol. The van der Waals surface area contributed by atoms with Gasteiger partial charge in [0, 0.05) is 19.3 Å². The van der Waals surface area contributed by atoms with Gasteiger partial charge in [0.25, 0.3) is 0 Å². The van der Waals surface area contributed by atoms with Crippen LogP contribution in [0.2, 0.25) is 0 Å². The van der Waals surface area contributed by atoms with E-state index in [9.17, 15) is 9.59 Å². The molecular weight excluding hydrogens is 258 g/mol. The number of carbonyl (C=O) groups is 2. The van der Waals surface area contributed by atoms with Crippen LogP contribution >= 0.6 is 0 Å². The maximum atomic E-state index is 12.1. The zero-order valence-electron chi connectivity index (χ0n) is 11.5. The maximum absolute atomic E-state index is 12.1. The van der Waals surface area contributed by atoms with Crippen molar-refractivity contribution in [2.45, 2.75) is 26.2 Å². The van der Waals surface area contributed by atoms with Gasteiger partial charge in [-0.25, -0.2) is 9.59 Å². The first-order valence-corrected chi connectivity index (χ1v) is 6.84. The summed E-state index contributed by atoms with van der Waals surface area (Å²) in [5, 5.41) is 11.6. The van der Waals surface area contributed by atoms with Crippen molar-refractivity contribution >= 4 is 17.7 Å². The summed E-state index contributed by atoms with van der Waals surface area (Å²) in [5.74, 6) is -0.480. The van der Waals surface area contributed by atoms with Gasteiger partial charge in [-0.1, -0.05) is 13.3 Å². The first kappa shape index (κ1) is 14.3. The average Bonchev–Trinajstić information content (AvgIpc) is 2.88. The van der Waals surface area contributed by atoms with E-state index in [1.807, 2.05) is 0 Å². The lowest BCUT2D eigenvalue weighted by Gasteiger charge is -2.17. The van der Waals surface area contributed by atoms with E-state index >= 15 is 0 Å². The van der Waals surface area contributed by atoms with E-state index in [1.54, 1.807) is 4.90 Å². The molecule has 1 atom stereocenters. The third kappa shape index (κ3) is 3.46. The topological polar surface area (TPSA) is 82.5 Å². The van der Waals surface area contributed by atoms with E-state index < -0.39 is 5.97 Å². The van der Waals surface area contributed by atoms with Crippen LogP contribution < -0.4 is 5.32 Å². The van der Waals surface area contributed by atoms with Crippen LogP contribution in [0.25, 0.3) is 0 Å². The number of pyridine rings is 1. The molecule has 6 nitrogen and oxygen atoms in total. The van der Waals surface area contributed by atoms with Crippen LogP contribution in [-0.2, 0) is 0 Å². The molecule has 20 heavy (non-hydrogen) atoms. The molecule has 2 rings (SSSR count). The number of anilines is 1. The minimum absolute atomic E-state index is 0.0630. The quantitative estimate of drug-likeness (QED) is 0.885. The molecule has 1 aromatic rings. The number of carbonyl (C=O) groups excluding carboxylic acids is 1. The van der Waals surface area contributed by atoms with E-state index in [2.05, 4.69) is 17.2 Å². The van der Waals surface area contributed by atoms with Crippen molar-refractivity contribution in [2.24, 2.45) is 5.92 Å². The molecule has 1 saturated heterocycles. The van der Waals surface area contributed by atoms with Gasteiger partial charge in [-0.3, -0.25) is 4.98 Å². The number of aromatic carboxylic acids is 1. The monoisotopic (exact) mass is 277 g/mol. The van der Waals surface area contributed by atoms with Gasteiger partial charge in [0.1, 0.15) is 0 Å². The molecule has 0 aromatic carbocycles. The number of nitrogens with zero attached hydrogens (tertiary/aromatic N) is 2. The molecule has 1 fully saturated rings. The number of carboxylic acid groups (broad SMARTS) is 1.